The Bertz CT molecular complexity index is 397. The molecule has 1 aliphatic rings. The maximum Gasteiger partial charge on any atom is 0.325 e. The number of carbonyl (C=O) groups is 1. The van der Waals surface area contributed by atoms with Crippen LogP contribution in [0.25, 0.3) is 0 Å². The number of hydrogen-bond donors (Lipinski definition) is 1. The molecule has 1 heterocycles. The molecule has 112 valence electrons. The van der Waals surface area contributed by atoms with E-state index < -0.39 is 21.2 Å². The van der Waals surface area contributed by atoms with Crippen molar-refractivity contribution in [3.63, 3.8) is 0 Å². The molecule has 0 spiro atoms. The van der Waals surface area contributed by atoms with Crippen LogP contribution in [0.4, 0.5) is 0 Å². The number of ether oxygens (including phenoxy) is 1. The summed E-state index contributed by atoms with van der Waals surface area (Å²) in [6, 6.07) is -0.0155. The predicted molar refractivity (Wildman–Crippen MR) is 73.3 cm³/mol. The minimum atomic E-state index is -3.62. The maximum absolute atomic E-state index is 12.5. The van der Waals surface area contributed by atoms with Crippen molar-refractivity contribution < 1.29 is 17.9 Å². The van der Waals surface area contributed by atoms with E-state index in [1.807, 2.05) is 7.05 Å². The molecule has 0 aromatic heterocycles. The Balaban J connectivity index is 2.86. The van der Waals surface area contributed by atoms with Crippen molar-refractivity contribution in [3.8, 4) is 0 Å². The van der Waals surface area contributed by atoms with E-state index in [0.29, 0.717) is 6.54 Å². The van der Waals surface area contributed by atoms with Gasteiger partial charge in [-0.1, -0.05) is 6.42 Å². The zero-order valence-corrected chi connectivity index (χ0v) is 12.7. The van der Waals surface area contributed by atoms with Gasteiger partial charge in [-0.25, -0.2) is 8.42 Å². The van der Waals surface area contributed by atoms with E-state index in [-0.39, 0.29) is 6.04 Å². The molecule has 0 aliphatic carbocycles. The van der Waals surface area contributed by atoms with Crippen LogP contribution in [-0.2, 0) is 19.6 Å². The zero-order chi connectivity index (χ0) is 14.5. The first kappa shape index (κ1) is 16.4. The molecule has 1 N–H and O–H groups in total. The number of carbonyl (C=O) groups excluding carboxylic acids is 1. The summed E-state index contributed by atoms with van der Waals surface area (Å²) in [5.41, 5.74) is 0. The molecule has 0 aromatic carbocycles. The average molecular weight is 292 g/mol. The third-order valence-corrected chi connectivity index (χ3v) is 5.83. The van der Waals surface area contributed by atoms with E-state index in [9.17, 15) is 13.2 Å². The maximum atomic E-state index is 12.5. The van der Waals surface area contributed by atoms with Gasteiger partial charge in [-0.05, 0) is 39.8 Å². The monoisotopic (exact) mass is 292 g/mol. The fraction of sp³-hybridized carbons (Fsp3) is 0.917. The Morgan fingerprint density at radius 2 is 2.16 bits per heavy atom. The van der Waals surface area contributed by atoms with Crippen LogP contribution in [0.2, 0.25) is 0 Å². The molecule has 2 atom stereocenters. The van der Waals surface area contributed by atoms with Crippen molar-refractivity contribution in [2.45, 2.75) is 43.9 Å². The second-order valence-electron chi connectivity index (χ2n) is 4.86. The Morgan fingerprint density at radius 1 is 1.47 bits per heavy atom. The van der Waals surface area contributed by atoms with Gasteiger partial charge in [0.25, 0.3) is 0 Å². The summed E-state index contributed by atoms with van der Waals surface area (Å²) in [5, 5.41) is 1.91. The Labute approximate surface area is 115 Å². The zero-order valence-electron chi connectivity index (χ0n) is 11.9. The van der Waals surface area contributed by atoms with Crippen LogP contribution in [0.1, 0.15) is 32.6 Å². The third kappa shape index (κ3) is 3.90. The molecule has 7 heteroatoms. The number of nitrogens with one attached hydrogen (secondary N) is 1. The summed E-state index contributed by atoms with van der Waals surface area (Å²) in [5.74, 6) is -0.696. The fourth-order valence-electron chi connectivity index (χ4n) is 2.40. The Kier molecular flexibility index (Phi) is 6.22. The summed E-state index contributed by atoms with van der Waals surface area (Å²) in [6.07, 6.45) is 3.51. The highest BCUT2D eigenvalue weighted by molar-refractivity contribution is 7.90. The lowest BCUT2D eigenvalue weighted by Crippen LogP contribution is -2.49. The topological polar surface area (TPSA) is 75.7 Å². The molecule has 0 amide bonds. The first-order valence-electron chi connectivity index (χ1n) is 6.68. The van der Waals surface area contributed by atoms with E-state index in [0.717, 1.165) is 32.2 Å². The SMILES string of the molecule is CNCCC1CCCCN1S(=O)(=O)C(C)C(=O)OC. The second-order valence-corrected chi connectivity index (χ2v) is 7.07. The van der Waals surface area contributed by atoms with Crippen molar-refractivity contribution in [1.82, 2.24) is 9.62 Å². The van der Waals surface area contributed by atoms with Gasteiger partial charge in [0.15, 0.2) is 5.25 Å². The number of rotatable bonds is 6. The lowest BCUT2D eigenvalue weighted by Gasteiger charge is -2.36. The normalized spacial score (nSPS) is 23.0. The largest absolute Gasteiger partial charge is 0.468 e. The van der Waals surface area contributed by atoms with Crippen LogP contribution < -0.4 is 5.32 Å². The summed E-state index contributed by atoms with van der Waals surface area (Å²) in [6.45, 7) is 2.66. The van der Waals surface area contributed by atoms with Gasteiger partial charge >= 0.3 is 5.97 Å². The molecule has 2 unspecified atom stereocenters. The van der Waals surface area contributed by atoms with Crippen LogP contribution in [0.5, 0.6) is 0 Å². The number of piperidine rings is 1. The number of hydrogen-bond acceptors (Lipinski definition) is 5. The second kappa shape index (κ2) is 7.21. The van der Waals surface area contributed by atoms with E-state index >= 15 is 0 Å². The number of esters is 1. The van der Waals surface area contributed by atoms with Gasteiger partial charge in [-0.15, -0.1) is 0 Å². The summed E-state index contributed by atoms with van der Waals surface area (Å²) >= 11 is 0. The molecule has 0 saturated carbocycles. The number of methoxy groups -OCH3 is 1. The molecule has 0 bridgehead atoms. The molecule has 1 saturated heterocycles. The molecule has 1 rings (SSSR count). The third-order valence-electron chi connectivity index (χ3n) is 3.61. The van der Waals surface area contributed by atoms with Crippen molar-refractivity contribution in [3.05, 3.63) is 0 Å². The smallest absolute Gasteiger partial charge is 0.325 e. The van der Waals surface area contributed by atoms with Crippen LogP contribution in [0.15, 0.2) is 0 Å². The van der Waals surface area contributed by atoms with Crippen molar-refractivity contribution in [1.29, 1.82) is 0 Å². The van der Waals surface area contributed by atoms with Gasteiger partial charge in [0, 0.05) is 12.6 Å². The van der Waals surface area contributed by atoms with E-state index in [2.05, 4.69) is 10.1 Å². The molecule has 19 heavy (non-hydrogen) atoms. The van der Waals surface area contributed by atoms with Crippen molar-refractivity contribution >= 4 is 16.0 Å². The lowest BCUT2D eigenvalue weighted by molar-refractivity contribution is -0.139. The van der Waals surface area contributed by atoms with Crippen LogP contribution >= 0.6 is 0 Å². The van der Waals surface area contributed by atoms with Gasteiger partial charge in [-0.3, -0.25) is 4.79 Å². The summed E-state index contributed by atoms with van der Waals surface area (Å²) < 4.78 is 31.0. The van der Waals surface area contributed by atoms with Crippen molar-refractivity contribution in [2.75, 3.05) is 27.2 Å². The first-order valence-corrected chi connectivity index (χ1v) is 8.18. The first-order chi connectivity index (χ1) is 8.95. The lowest BCUT2D eigenvalue weighted by atomic mass is 10.0. The Morgan fingerprint density at radius 3 is 2.74 bits per heavy atom. The predicted octanol–water partition coefficient (Wildman–Crippen LogP) is 0.342. The Hall–Kier alpha value is -0.660. The minimum absolute atomic E-state index is 0.0155. The number of nitrogens with zero attached hydrogens (tertiary/aromatic N) is 1. The van der Waals surface area contributed by atoms with Crippen LogP contribution in [-0.4, -0.2) is 57.2 Å². The van der Waals surface area contributed by atoms with E-state index in [4.69, 9.17) is 0 Å². The van der Waals surface area contributed by atoms with Gasteiger partial charge in [-0.2, -0.15) is 4.31 Å². The fourth-order valence-corrected chi connectivity index (χ4v) is 4.15. The molecule has 1 aliphatic heterocycles. The molecular formula is C12H24N2O4S. The molecule has 0 aromatic rings. The van der Waals surface area contributed by atoms with Gasteiger partial charge < -0.3 is 10.1 Å². The summed E-state index contributed by atoms with van der Waals surface area (Å²) in [7, 11) is -0.565. The number of sulfonamides is 1. The minimum Gasteiger partial charge on any atom is -0.468 e. The van der Waals surface area contributed by atoms with E-state index in [1.165, 1.54) is 18.3 Å². The van der Waals surface area contributed by atoms with Gasteiger partial charge in [0.05, 0.1) is 7.11 Å². The van der Waals surface area contributed by atoms with Gasteiger partial charge in [0.1, 0.15) is 0 Å². The molecule has 0 radical (unpaired) electrons. The van der Waals surface area contributed by atoms with Crippen LogP contribution in [0.3, 0.4) is 0 Å². The molecular weight excluding hydrogens is 268 g/mol. The highest BCUT2D eigenvalue weighted by Gasteiger charge is 2.39. The average Bonchev–Trinajstić information content (AvgIpc) is 2.43. The van der Waals surface area contributed by atoms with E-state index in [1.54, 1.807) is 0 Å². The molecule has 6 nitrogen and oxygen atoms in total. The quantitative estimate of drug-likeness (QED) is 0.715. The highest BCUT2D eigenvalue weighted by Crippen LogP contribution is 2.25. The van der Waals surface area contributed by atoms with Gasteiger partial charge in [0.2, 0.25) is 10.0 Å². The van der Waals surface area contributed by atoms with Crippen molar-refractivity contribution in [2.24, 2.45) is 0 Å². The van der Waals surface area contributed by atoms with Crippen LogP contribution in [0, 0.1) is 0 Å². The highest BCUT2D eigenvalue weighted by atomic mass is 32.2. The molecule has 1 fully saturated rings. The summed E-state index contributed by atoms with van der Waals surface area (Å²) in [4.78, 5) is 11.5. The standard InChI is InChI=1S/C12H24N2O4S/c1-10(12(15)18-3)19(16,17)14-9-5-4-6-11(14)7-8-13-2/h10-11,13H,4-9H2,1-3H3.